The van der Waals surface area contributed by atoms with E-state index < -0.39 is 0 Å². The van der Waals surface area contributed by atoms with E-state index in [1.165, 1.54) is 38.5 Å². The molecule has 1 N–H and O–H groups in total. The van der Waals surface area contributed by atoms with Crippen molar-refractivity contribution in [1.29, 1.82) is 0 Å². The third kappa shape index (κ3) is 3.95. The van der Waals surface area contributed by atoms with Crippen molar-refractivity contribution in [2.75, 3.05) is 0 Å². The minimum Gasteiger partial charge on any atom is -0.393 e. The van der Waals surface area contributed by atoms with Crippen LogP contribution in [0.15, 0.2) is 12.7 Å². The lowest BCUT2D eigenvalue weighted by Gasteiger charge is -2.20. The molecule has 0 aliphatic heterocycles. The molecule has 1 atom stereocenters. The predicted octanol–water partition coefficient (Wildman–Crippen LogP) is 3.28. The number of rotatable bonds is 4. The van der Waals surface area contributed by atoms with Crippen LogP contribution in [-0.2, 0) is 0 Å². The van der Waals surface area contributed by atoms with Gasteiger partial charge in [0.1, 0.15) is 0 Å². The molecule has 0 saturated heterocycles. The Hall–Kier alpha value is -0.300. The van der Waals surface area contributed by atoms with Gasteiger partial charge in [0, 0.05) is 0 Å². The van der Waals surface area contributed by atoms with Crippen LogP contribution in [-0.4, -0.2) is 11.2 Å². The van der Waals surface area contributed by atoms with Crippen LogP contribution in [0.2, 0.25) is 0 Å². The number of allylic oxidation sites excluding steroid dienone is 1. The topological polar surface area (TPSA) is 20.2 Å². The van der Waals surface area contributed by atoms with E-state index in [4.69, 9.17) is 0 Å². The van der Waals surface area contributed by atoms with Crippen molar-refractivity contribution >= 4 is 0 Å². The van der Waals surface area contributed by atoms with Gasteiger partial charge in [-0.3, -0.25) is 0 Å². The summed E-state index contributed by atoms with van der Waals surface area (Å²) in [5.41, 5.74) is 0. The molecule has 0 amide bonds. The summed E-state index contributed by atoms with van der Waals surface area (Å²) < 4.78 is 0. The molecule has 1 heteroatoms. The van der Waals surface area contributed by atoms with E-state index in [9.17, 15) is 5.11 Å². The minimum atomic E-state index is -0.0731. The highest BCUT2D eigenvalue weighted by atomic mass is 16.3. The van der Waals surface area contributed by atoms with Crippen LogP contribution in [0, 0.1) is 5.92 Å². The monoisotopic (exact) mass is 182 g/mol. The molecule has 0 aromatic heterocycles. The highest BCUT2D eigenvalue weighted by molar-refractivity contribution is 4.75. The molecule has 0 radical (unpaired) electrons. The third-order valence-corrected chi connectivity index (χ3v) is 3.11. The van der Waals surface area contributed by atoms with E-state index in [0.717, 1.165) is 12.8 Å². The Bertz CT molecular complexity index is 134. The first-order valence-electron chi connectivity index (χ1n) is 5.63. The van der Waals surface area contributed by atoms with Crippen LogP contribution >= 0.6 is 0 Å². The summed E-state index contributed by atoms with van der Waals surface area (Å²) in [6.07, 6.45) is 11.5. The zero-order chi connectivity index (χ0) is 9.52. The van der Waals surface area contributed by atoms with Crippen molar-refractivity contribution in [3.63, 3.8) is 0 Å². The fourth-order valence-corrected chi connectivity index (χ4v) is 2.22. The van der Waals surface area contributed by atoms with E-state index in [-0.39, 0.29) is 6.10 Å². The van der Waals surface area contributed by atoms with Gasteiger partial charge in [-0.05, 0) is 31.6 Å². The Morgan fingerprint density at radius 1 is 1.23 bits per heavy atom. The quantitative estimate of drug-likeness (QED) is 0.522. The Morgan fingerprint density at radius 2 is 1.85 bits per heavy atom. The lowest BCUT2D eigenvalue weighted by Crippen LogP contribution is -2.19. The van der Waals surface area contributed by atoms with Gasteiger partial charge in [0.15, 0.2) is 0 Å². The zero-order valence-electron chi connectivity index (χ0n) is 8.54. The largest absolute Gasteiger partial charge is 0.393 e. The van der Waals surface area contributed by atoms with Crippen molar-refractivity contribution < 1.29 is 5.11 Å². The SMILES string of the molecule is C=CCCC(O)C1CCCCCC1. The summed E-state index contributed by atoms with van der Waals surface area (Å²) in [6, 6.07) is 0. The average Bonchev–Trinajstić information content (AvgIpc) is 2.42. The summed E-state index contributed by atoms with van der Waals surface area (Å²) >= 11 is 0. The van der Waals surface area contributed by atoms with Crippen LogP contribution in [0.1, 0.15) is 51.4 Å². The first-order chi connectivity index (χ1) is 6.34. The van der Waals surface area contributed by atoms with Crippen molar-refractivity contribution in [2.45, 2.75) is 57.5 Å². The Balaban J connectivity index is 2.25. The second-order valence-corrected chi connectivity index (χ2v) is 4.19. The average molecular weight is 182 g/mol. The fourth-order valence-electron chi connectivity index (χ4n) is 2.22. The van der Waals surface area contributed by atoms with Gasteiger partial charge in [-0.2, -0.15) is 0 Å². The maximum absolute atomic E-state index is 9.88. The van der Waals surface area contributed by atoms with Crippen LogP contribution in [0.5, 0.6) is 0 Å². The molecule has 1 unspecified atom stereocenters. The van der Waals surface area contributed by atoms with E-state index in [2.05, 4.69) is 6.58 Å². The molecular weight excluding hydrogens is 160 g/mol. The number of aliphatic hydroxyl groups excluding tert-OH is 1. The Morgan fingerprint density at radius 3 is 2.38 bits per heavy atom. The van der Waals surface area contributed by atoms with Crippen LogP contribution in [0.25, 0.3) is 0 Å². The zero-order valence-corrected chi connectivity index (χ0v) is 8.54. The molecule has 0 spiro atoms. The minimum absolute atomic E-state index is 0.0731. The molecule has 0 heterocycles. The highest BCUT2D eigenvalue weighted by Gasteiger charge is 2.19. The summed E-state index contributed by atoms with van der Waals surface area (Å²) in [7, 11) is 0. The molecule has 1 rings (SSSR count). The summed E-state index contributed by atoms with van der Waals surface area (Å²) in [4.78, 5) is 0. The van der Waals surface area contributed by atoms with Gasteiger partial charge in [0.2, 0.25) is 0 Å². The van der Waals surface area contributed by atoms with Gasteiger partial charge in [-0.1, -0.05) is 31.8 Å². The summed E-state index contributed by atoms with van der Waals surface area (Å²) in [5, 5.41) is 9.88. The molecule has 1 fully saturated rings. The van der Waals surface area contributed by atoms with Crippen LogP contribution in [0.4, 0.5) is 0 Å². The summed E-state index contributed by atoms with van der Waals surface area (Å²) in [6.45, 7) is 3.69. The normalized spacial score (nSPS) is 22.2. The number of hydrogen-bond acceptors (Lipinski definition) is 1. The maximum Gasteiger partial charge on any atom is 0.0571 e. The second-order valence-electron chi connectivity index (χ2n) is 4.19. The fraction of sp³-hybridized carbons (Fsp3) is 0.833. The maximum atomic E-state index is 9.88. The van der Waals surface area contributed by atoms with Crippen molar-refractivity contribution in [1.82, 2.24) is 0 Å². The first kappa shape index (κ1) is 10.8. The Kier molecular flexibility index (Phi) is 5.14. The lowest BCUT2D eigenvalue weighted by molar-refractivity contribution is 0.0911. The standard InChI is InChI=1S/C12H22O/c1-2-3-10-12(13)11-8-6-4-5-7-9-11/h2,11-13H,1,3-10H2. The first-order valence-corrected chi connectivity index (χ1v) is 5.63. The van der Waals surface area contributed by atoms with E-state index in [1.807, 2.05) is 6.08 Å². The van der Waals surface area contributed by atoms with Gasteiger partial charge >= 0.3 is 0 Å². The van der Waals surface area contributed by atoms with Crippen LogP contribution in [0.3, 0.4) is 0 Å². The molecule has 0 aromatic carbocycles. The van der Waals surface area contributed by atoms with Gasteiger partial charge in [0.25, 0.3) is 0 Å². The molecule has 0 aromatic rings. The molecular formula is C12H22O. The van der Waals surface area contributed by atoms with Gasteiger partial charge in [0.05, 0.1) is 6.10 Å². The predicted molar refractivity (Wildman–Crippen MR) is 56.6 cm³/mol. The summed E-state index contributed by atoms with van der Waals surface area (Å²) in [5.74, 6) is 0.572. The molecule has 1 nitrogen and oxygen atoms in total. The molecule has 1 aliphatic rings. The van der Waals surface area contributed by atoms with Crippen molar-refractivity contribution in [3.05, 3.63) is 12.7 Å². The molecule has 1 aliphatic carbocycles. The number of hydrogen-bond donors (Lipinski definition) is 1. The lowest BCUT2D eigenvalue weighted by atomic mass is 9.91. The smallest absolute Gasteiger partial charge is 0.0571 e. The van der Waals surface area contributed by atoms with Gasteiger partial charge in [-0.25, -0.2) is 0 Å². The molecule has 13 heavy (non-hydrogen) atoms. The second kappa shape index (κ2) is 6.20. The Labute approximate surface area is 81.9 Å². The van der Waals surface area contributed by atoms with E-state index >= 15 is 0 Å². The third-order valence-electron chi connectivity index (χ3n) is 3.11. The van der Waals surface area contributed by atoms with E-state index in [1.54, 1.807) is 0 Å². The molecule has 76 valence electrons. The number of aliphatic hydroxyl groups is 1. The molecule has 1 saturated carbocycles. The van der Waals surface area contributed by atoms with Gasteiger partial charge in [-0.15, -0.1) is 6.58 Å². The highest BCUT2D eigenvalue weighted by Crippen LogP contribution is 2.27. The van der Waals surface area contributed by atoms with Crippen molar-refractivity contribution in [3.8, 4) is 0 Å². The van der Waals surface area contributed by atoms with Crippen molar-refractivity contribution in [2.24, 2.45) is 5.92 Å². The molecule has 0 bridgehead atoms. The van der Waals surface area contributed by atoms with Gasteiger partial charge < -0.3 is 5.11 Å². The van der Waals surface area contributed by atoms with E-state index in [0.29, 0.717) is 5.92 Å². The van der Waals surface area contributed by atoms with Crippen LogP contribution < -0.4 is 0 Å².